The zero-order valence-corrected chi connectivity index (χ0v) is 46.6. The molecule has 0 aliphatic heterocycles. The molecule has 18 rings (SSSR count). The van der Waals surface area contributed by atoms with E-state index in [0.717, 1.165) is 17.1 Å². The molecule has 1 aliphatic rings. The number of para-hydroxylation sites is 2. The van der Waals surface area contributed by atoms with E-state index in [9.17, 15) is 0 Å². The highest BCUT2D eigenvalue weighted by atomic mass is 15.1. The Morgan fingerprint density at radius 3 is 0.964 bits per heavy atom. The van der Waals surface area contributed by atoms with Crippen molar-refractivity contribution in [3.05, 3.63) is 271 Å². The quantitative estimate of drug-likeness (QED) is 0.114. The lowest BCUT2D eigenvalue weighted by atomic mass is 9.85. The largest absolute Gasteiger partial charge is 0.310 e. The first-order valence-electron chi connectivity index (χ1n) is 29.3. The number of hydrogen-bond donors (Lipinski definition) is 0. The van der Waals surface area contributed by atoms with Gasteiger partial charge in [0.15, 0.2) is 0 Å². The second-order valence-electron chi connectivity index (χ2n) is 23.4. The van der Waals surface area contributed by atoms with Gasteiger partial charge in [-0.2, -0.15) is 0 Å². The minimum absolute atomic E-state index is 1.13. The van der Waals surface area contributed by atoms with Crippen LogP contribution in [0.2, 0.25) is 0 Å². The Kier molecular flexibility index (Phi) is 9.56. The molecular formula is C82H53N. The second kappa shape index (κ2) is 17.1. The lowest BCUT2D eigenvalue weighted by molar-refractivity contribution is 1.30. The highest BCUT2D eigenvalue weighted by Crippen LogP contribution is 2.61. The maximum atomic E-state index is 2.50. The van der Waals surface area contributed by atoms with Crippen LogP contribution in [0.25, 0.3) is 164 Å². The van der Waals surface area contributed by atoms with Crippen molar-refractivity contribution < 1.29 is 0 Å². The summed E-state index contributed by atoms with van der Waals surface area (Å²) in [5.41, 5.74) is 24.2. The van der Waals surface area contributed by atoms with Crippen LogP contribution in [0.4, 0.5) is 17.1 Å². The molecule has 0 N–H and O–H groups in total. The fourth-order valence-corrected chi connectivity index (χ4v) is 15.7. The van der Waals surface area contributed by atoms with Crippen LogP contribution in [0.15, 0.2) is 249 Å². The zero-order valence-electron chi connectivity index (χ0n) is 46.6. The summed E-state index contributed by atoms with van der Waals surface area (Å²) in [7, 11) is 0. The van der Waals surface area contributed by atoms with Gasteiger partial charge in [0.25, 0.3) is 0 Å². The third-order valence-corrected chi connectivity index (χ3v) is 19.2. The molecule has 1 nitrogen and oxygen atoms in total. The molecule has 83 heavy (non-hydrogen) atoms. The van der Waals surface area contributed by atoms with Crippen LogP contribution in [0.1, 0.15) is 22.3 Å². The molecule has 0 atom stereocenters. The number of nitrogens with zero attached hydrogens (tertiary/aromatic N) is 1. The summed E-state index contributed by atoms with van der Waals surface area (Å²) in [5.74, 6) is 0. The maximum Gasteiger partial charge on any atom is 0.0540 e. The van der Waals surface area contributed by atoms with Crippen molar-refractivity contribution in [3.8, 4) is 66.8 Å². The van der Waals surface area contributed by atoms with E-state index in [1.807, 2.05) is 0 Å². The van der Waals surface area contributed by atoms with Crippen LogP contribution in [0.5, 0.6) is 0 Å². The zero-order chi connectivity index (χ0) is 54.9. The Morgan fingerprint density at radius 1 is 0.181 bits per heavy atom. The average molecular weight is 1050 g/mol. The van der Waals surface area contributed by atoms with E-state index in [4.69, 9.17) is 0 Å². The van der Waals surface area contributed by atoms with Crippen LogP contribution in [0, 0.1) is 27.7 Å². The predicted octanol–water partition coefficient (Wildman–Crippen LogP) is 23.4. The topological polar surface area (TPSA) is 3.24 Å². The SMILES string of the molecule is Cc1ccccc1-c1ccc(-c2ccccc2C)c2c1-c1ccc3c4ccc5c6c(-c7ccccc7C)c7c8cccc9c(N(c%10ccccc%10)c%10ccccc%10)ccc(c7c(-c7ccccc7C)c6c6ccc(c7ccc-2c1c37)c4c56)c98. The molecule has 0 radical (unpaired) electrons. The molecule has 17 aromatic rings. The molecular weight excluding hydrogens is 999 g/mol. The Hall–Kier alpha value is -10.3. The van der Waals surface area contributed by atoms with E-state index in [2.05, 4.69) is 281 Å². The Balaban J connectivity index is 0.985. The van der Waals surface area contributed by atoms with Crippen LogP contribution in [-0.4, -0.2) is 0 Å². The second-order valence-corrected chi connectivity index (χ2v) is 23.4. The molecule has 17 aromatic carbocycles. The van der Waals surface area contributed by atoms with Crippen molar-refractivity contribution in [2.75, 3.05) is 4.90 Å². The van der Waals surface area contributed by atoms with Gasteiger partial charge in [-0.05, 0) is 239 Å². The Bertz CT molecular complexity index is 5290. The molecule has 0 fully saturated rings. The minimum Gasteiger partial charge on any atom is -0.310 e. The highest BCUT2D eigenvalue weighted by molar-refractivity contribution is 6.50. The third kappa shape index (κ3) is 6.16. The molecule has 0 amide bonds. The fourth-order valence-electron chi connectivity index (χ4n) is 15.7. The number of aryl methyl sites for hydroxylation is 4. The molecule has 0 saturated carbocycles. The summed E-state index contributed by atoms with van der Waals surface area (Å²) >= 11 is 0. The standard InChI is InChI=1S/C82H53N/c1-46-20-11-15-28-52(46)56-34-35-57(53-29-16-12-21-47(53)2)74-66-41-37-59-61-39-43-68-76-67(42-38-60(72(61)76)58-36-40-65(73(56)74)75(66)71(58)59)81-77(54-30-17-13-22-48(54)3)79-63-33-19-32-62-69(83(50-24-7-5-8-25-50)51-26-9-6-10-27-51)45-44-64(70(62)63)80(79)78(82(68)81)55-31-18-14-23-49(55)4/h5-45H,1-4H3. The first-order chi connectivity index (χ1) is 40.9. The molecule has 0 spiro atoms. The third-order valence-electron chi connectivity index (χ3n) is 19.2. The molecule has 0 unspecified atom stereocenters. The summed E-state index contributed by atoms with van der Waals surface area (Å²) in [4.78, 5) is 2.43. The van der Waals surface area contributed by atoms with Gasteiger partial charge in [-0.15, -0.1) is 0 Å². The van der Waals surface area contributed by atoms with Gasteiger partial charge in [-0.1, -0.05) is 218 Å². The van der Waals surface area contributed by atoms with Crippen molar-refractivity contribution in [1.29, 1.82) is 0 Å². The Morgan fingerprint density at radius 2 is 0.506 bits per heavy atom. The Labute approximate surface area is 481 Å². The van der Waals surface area contributed by atoms with Gasteiger partial charge >= 0.3 is 0 Å². The van der Waals surface area contributed by atoms with E-state index in [0.29, 0.717) is 0 Å². The number of fused-ring (bicyclic) bond motifs is 11. The summed E-state index contributed by atoms with van der Waals surface area (Å²) in [6.45, 7) is 9.11. The average Bonchev–Trinajstić information content (AvgIpc) is 1.59. The number of benzene rings is 15. The molecule has 0 saturated heterocycles. The molecule has 1 heteroatoms. The van der Waals surface area contributed by atoms with Gasteiger partial charge in [0.1, 0.15) is 0 Å². The van der Waals surface area contributed by atoms with Crippen molar-refractivity contribution in [2.45, 2.75) is 27.7 Å². The van der Waals surface area contributed by atoms with E-state index >= 15 is 0 Å². The smallest absolute Gasteiger partial charge is 0.0540 e. The first kappa shape index (κ1) is 46.4. The van der Waals surface area contributed by atoms with Crippen molar-refractivity contribution in [3.63, 3.8) is 0 Å². The number of hydrogen-bond acceptors (Lipinski definition) is 1. The van der Waals surface area contributed by atoms with Gasteiger partial charge in [0, 0.05) is 16.8 Å². The van der Waals surface area contributed by atoms with Crippen LogP contribution in [-0.2, 0) is 0 Å². The van der Waals surface area contributed by atoms with Crippen LogP contribution < -0.4 is 4.90 Å². The molecule has 0 heterocycles. The molecule has 0 aromatic heterocycles. The van der Waals surface area contributed by atoms with Crippen LogP contribution >= 0.6 is 0 Å². The first-order valence-corrected chi connectivity index (χ1v) is 29.3. The van der Waals surface area contributed by atoms with Gasteiger partial charge in [0.05, 0.1) is 5.69 Å². The maximum absolute atomic E-state index is 2.50. The molecule has 1 aliphatic carbocycles. The minimum atomic E-state index is 1.13. The predicted molar refractivity (Wildman–Crippen MR) is 357 cm³/mol. The lowest BCUT2D eigenvalue weighted by Crippen LogP contribution is -2.10. The fraction of sp³-hybridized carbons (Fsp3) is 0.0488. The summed E-state index contributed by atoms with van der Waals surface area (Å²) in [6.07, 6.45) is 0. The monoisotopic (exact) mass is 1050 g/mol. The number of anilines is 3. The molecule has 386 valence electrons. The number of rotatable bonds is 7. The van der Waals surface area contributed by atoms with Crippen molar-refractivity contribution in [2.24, 2.45) is 0 Å². The van der Waals surface area contributed by atoms with Gasteiger partial charge in [-0.3, -0.25) is 0 Å². The summed E-state index contributed by atoms with van der Waals surface area (Å²) < 4.78 is 0. The normalized spacial score (nSPS) is 12.3. The van der Waals surface area contributed by atoms with E-state index < -0.39 is 0 Å². The lowest BCUT2D eigenvalue weighted by Gasteiger charge is -2.27. The van der Waals surface area contributed by atoms with E-state index in [1.54, 1.807) is 0 Å². The van der Waals surface area contributed by atoms with E-state index in [-0.39, 0.29) is 0 Å². The van der Waals surface area contributed by atoms with Crippen LogP contribution in [0.3, 0.4) is 0 Å². The van der Waals surface area contributed by atoms with Crippen molar-refractivity contribution in [1.82, 2.24) is 0 Å². The van der Waals surface area contributed by atoms with Crippen molar-refractivity contribution >= 4 is 114 Å². The molecule has 0 bridgehead atoms. The summed E-state index contributed by atoms with van der Waals surface area (Å²) in [6, 6.07) is 94.2. The summed E-state index contributed by atoms with van der Waals surface area (Å²) in [5, 5.41) is 23.7. The van der Waals surface area contributed by atoms with Gasteiger partial charge in [0.2, 0.25) is 0 Å². The van der Waals surface area contributed by atoms with Gasteiger partial charge < -0.3 is 4.90 Å². The highest BCUT2D eigenvalue weighted by Gasteiger charge is 2.33. The van der Waals surface area contributed by atoms with Gasteiger partial charge in [-0.25, -0.2) is 0 Å². The van der Waals surface area contributed by atoms with E-state index in [1.165, 1.54) is 186 Å².